The highest BCUT2D eigenvalue weighted by Crippen LogP contribution is 2.29. The highest BCUT2D eigenvalue weighted by molar-refractivity contribution is 5.62. The van der Waals surface area contributed by atoms with Gasteiger partial charge in [-0.1, -0.05) is 0 Å². The van der Waals surface area contributed by atoms with Crippen molar-refractivity contribution >= 4 is 5.97 Å². The number of halogens is 4. The summed E-state index contributed by atoms with van der Waals surface area (Å²) in [5, 5.41) is 15.9. The number of hydrogen-bond acceptors (Lipinski definition) is 3. The largest absolute Gasteiger partial charge is 0.505 e. The second kappa shape index (κ2) is 5.79. The Morgan fingerprint density at radius 2 is 1.75 bits per heavy atom. The predicted molar refractivity (Wildman–Crippen MR) is 43.0 cm³/mol. The van der Waals surface area contributed by atoms with Gasteiger partial charge in [-0.25, -0.2) is 4.39 Å². The topological polar surface area (TPSA) is 66.8 Å². The molecule has 0 spiro atoms. The van der Waals surface area contributed by atoms with Gasteiger partial charge < -0.3 is 10.2 Å². The summed E-state index contributed by atoms with van der Waals surface area (Å²) >= 11 is 0. The predicted octanol–water partition coefficient (Wildman–Crippen LogP) is 2.16. The molecule has 4 nitrogen and oxygen atoms in total. The Balaban J connectivity index is 0.000000487. The van der Waals surface area contributed by atoms with Crippen LogP contribution in [0.1, 0.15) is 6.92 Å². The maximum Gasteiger partial charge on any atom is 0.300 e. The molecule has 0 fully saturated rings. The van der Waals surface area contributed by atoms with Gasteiger partial charge in [0.2, 0.25) is 17.4 Å². The Bertz CT molecular complexity index is 390. The molecule has 0 saturated carbocycles. The van der Waals surface area contributed by atoms with Gasteiger partial charge in [0.05, 0.1) is 0 Å². The molecular formula is C8H6F4O4. The molecule has 1 aromatic carbocycles. The lowest BCUT2D eigenvalue weighted by Gasteiger charge is -2.00. The molecule has 0 aromatic heterocycles. The average Bonchev–Trinajstić information content (AvgIpc) is 2.14. The molecule has 0 unspecified atom stereocenters. The minimum atomic E-state index is -1.91. The molecule has 0 saturated heterocycles. The van der Waals surface area contributed by atoms with Crippen molar-refractivity contribution in [3.05, 3.63) is 23.5 Å². The smallest absolute Gasteiger partial charge is 0.300 e. The molecule has 16 heavy (non-hydrogen) atoms. The number of carboxylic acid groups (broad SMARTS) is 1. The van der Waals surface area contributed by atoms with Crippen molar-refractivity contribution in [3.63, 3.8) is 0 Å². The Morgan fingerprint density at radius 1 is 1.31 bits per heavy atom. The van der Waals surface area contributed by atoms with Gasteiger partial charge in [0.1, 0.15) is 0 Å². The Labute approximate surface area is 86.6 Å². The zero-order valence-electron chi connectivity index (χ0n) is 7.80. The van der Waals surface area contributed by atoms with Crippen molar-refractivity contribution in [2.75, 3.05) is 0 Å². The number of phenolic OH excluding ortho intramolecular Hbond substituents is 1. The SMILES string of the molecule is CC(=O)O.Oc1cc(F)c(OF)c(F)c1F. The van der Waals surface area contributed by atoms with Gasteiger partial charge in [-0.2, -0.15) is 8.78 Å². The number of hydrogen-bond donors (Lipinski definition) is 2. The molecule has 0 aliphatic rings. The molecule has 0 radical (unpaired) electrons. The summed E-state index contributed by atoms with van der Waals surface area (Å²) in [4.78, 5) is 11.7. The van der Waals surface area contributed by atoms with Crippen LogP contribution in [0, 0.1) is 17.5 Å². The standard InChI is InChI=1S/C6H2F4O2.C2H4O2/c7-2-1-3(11)4(8)5(9)6(2)12-10;1-2(3)4/h1,11H;1H3,(H,3,4). The van der Waals surface area contributed by atoms with Crippen LogP contribution in [0.25, 0.3) is 0 Å². The van der Waals surface area contributed by atoms with Crippen molar-refractivity contribution in [2.45, 2.75) is 6.92 Å². The van der Waals surface area contributed by atoms with Crippen LogP contribution in [0.2, 0.25) is 0 Å². The van der Waals surface area contributed by atoms with E-state index in [1.807, 2.05) is 0 Å². The number of carboxylic acids is 1. The van der Waals surface area contributed by atoms with Crippen LogP contribution in [0.4, 0.5) is 17.7 Å². The molecule has 8 heteroatoms. The van der Waals surface area contributed by atoms with Crippen molar-refractivity contribution < 1.29 is 37.6 Å². The van der Waals surface area contributed by atoms with E-state index in [1.54, 1.807) is 0 Å². The minimum absolute atomic E-state index is 0.202. The molecule has 2 N–H and O–H groups in total. The summed E-state index contributed by atoms with van der Waals surface area (Å²) in [5.41, 5.74) is 0. The molecule has 1 aromatic rings. The Hall–Kier alpha value is -1.99. The zero-order chi connectivity index (χ0) is 12.9. The first kappa shape index (κ1) is 14.0. The molecule has 0 bridgehead atoms. The molecule has 0 amide bonds. The van der Waals surface area contributed by atoms with E-state index < -0.39 is 34.9 Å². The van der Waals surface area contributed by atoms with Gasteiger partial charge in [-0.3, -0.25) is 9.74 Å². The molecule has 0 heterocycles. The van der Waals surface area contributed by atoms with E-state index >= 15 is 0 Å². The number of benzene rings is 1. The summed E-state index contributed by atoms with van der Waals surface area (Å²) in [6.45, 7) is 1.08. The van der Waals surface area contributed by atoms with Gasteiger partial charge in [0, 0.05) is 17.5 Å². The minimum Gasteiger partial charge on any atom is -0.505 e. The second-order valence-corrected chi connectivity index (χ2v) is 2.43. The van der Waals surface area contributed by atoms with Crippen LogP contribution in [-0.2, 0) is 4.79 Å². The van der Waals surface area contributed by atoms with Crippen LogP contribution < -0.4 is 4.94 Å². The monoisotopic (exact) mass is 242 g/mol. The molecule has 0 atom stereocenters. The third-order valence-corrected chi connectivity index (χ3v) is 1.17. The fourth-order valence-electron chi connectivity index (χ4n) is 0.637. The van der Waals surface area contributed by atoms with E-state index in [0.717, 1.165) is 6.92 Å². The van der Waals surface area contributed by atoms with Gasteiger partial charge in [-0.15, -0.1) is 0 Å². The Morgan fingerprint density at radius 3 is 2.12 bits per heavy atom. The van der Waals surface area contributed by atoms with Crippen molar-refractivity contribution in [2.24, 2.45) is 0 Å². The quantitative estimate of drug-likeness (QED) is 0.585. The van der Waals surface area contributed by atoms with E-state index in [9.17, 15) is 17.7 Å². The first-order chi connectivity index (χ1) is 7.31. The summed E-state index contributed by atoms with van der Waals surface area (Å²) < 4.78 is 48.4. The fraction of sp³-hybridized carbons (Fsp3) is 0.125. The number of aliphatic carboxylic acids is 1. The average molecular weight is 242 g/mol. The lowest BCUT2D eigenvalue weighted by molar-refractivity contribution is -0.134. The van der Waals surface area contributed by atoms with E-state index in [2.05, 4.69) is 4.94 Å². The number of phenols is 1. The van der Waals surface area contributed by atoms with Crippen molar-refractivity contribution in [3.8, 4) is 11.5 Å². The molecule has 0 aliphatic carbocycles. The van der Waals surface area contributed by atoms with Gasteiger partial charge in [-0.05, 0) is 0 Å². The number of rotatable bonds is 1. The van der Waals surface area contributed by atoms with E-state index in [1.165, 1.54) is 0 Å². The highest BCUT2D eigenvalue weighted by Gasteiger charge is 2.20. The first-order valence-corrected chi connectivity index (χ1v) is 3.65. The molecular weight excluding hydrogens is 236 g/mol. The third-order valence-electron chi connectivity index (χ3n) is 1.17. The summed E-state index contributed by atoms with van der Waals surface area (Å²) in [5.74, 6) is -8.77. The van der Waals surface area contributed by atoms with Gasteiger partial charge in [0.15, 0.2) is 11.6 Å². The van der Waals surface area contributed by atoms with Gasteiger partial charge in [0.25, 0.3) is 5.97 Å². The maximum atomic E-state index is 12.4. The summed E-state index contributed by atoms with van der Waals surface area (Å²) in [7, 11) is 0. The van der Waals surface area contributed by atoms with E-state index in [4.69, 9.17) is 15.0 Å². The van der Waals surface area contributed by atoms with Crippen molar-refractivity contribution in [1.29, 1.82) is 0 Å². The zero-order valence-corrected chi connectivity index (χ0v) is 7.80. The van der Waals surface area contributed by atoms with Crippen LogP contribution in [0.3, 0.4) is 0 Å². The van der Waals surface area contributed by atoms with Gasteiger partial charge >= 0.3 is 0 Å². The molecule has 90 valence electrons. The Kier molecular flexibility index (Phi) is 5.07. The number of aromatic hydroxyl groups is 1. The first-order valence-electron chi connectivity index (χ1n) is 3.65. The van der Waals surface area contributed by atoms with Crippen LogP contribution in [-0.4, -0.2) is 16.2 Å². The maximum absolute atomic E-state index is 12.4. The fourth-order valence-corrected chi connectivity index (χ4v) is 0.637. The third kappa shape index (κ3) is 3.64. The molecule has 0 aliphatic heterocycles. The van der Waals surface area contributed by atoms with E-state index in [-0.39, 0.29) is 6.07 Å². The van der Waals surface area contributed by atoms with Crippen LogP contribution in [0.5, 0.6) is 11.5 Å². The van der Waals surface area contributed by atoms with Crippen LogP contribution >= 0.6 is 0 Å². The lowest BCUT2D eigenvalue weighted by atomic mass is 10.3. The van der Waals surface area contributed by atoms with E-state index in [0.29, 0.717) is 0 Å². The summed E-state index contributed by atoms with van der Waals surface area (Å²) in [6.07, 6.45) is 0. The normalized spacial score (nSPS) is 9.06. The van der Waals surface area contributed by atoms with Crippen molar-refractivity contribution in [1.82, 2.24) is 0 Å². The lowest BCUT2D eigenvalue weighted by Crippen LogP contribution is -1.93. The number of carbonyl (C=O) groups is 1. The summed E-state index contributed by atoms with van der Waals surface area (Å²) in [6, 6.07) is 0.202. The van der Waals surface area contributed by atoms with Crippen LogP contribution in [0.15, 0.2) is 6.07 Å². The second-order valence-electron chi connectivity index (χ2n) is 2.43. The molecule has 1 rings (SSSR count). The highest BCUT2D eigenvalue weighted by atomic mass is 19.3.